The zero-order chi connectivity index (χ0) is 10.6. The minimum absolute atomic E-state index is 0.279. The summed E-state index contributed by atoms with van der Waals surface area (Å²) in [6.07, 6.45) is 1.36. The largest absolute Gasteiger partial charge is 0.198 e. The first-order valence-corrected chi connectivity index (χ1v) is 5.23. The summed E-state index contributed by atoms with van der Waals surface area (Å²) in [4.78, 5) is 0. The first-order chi connectivity index (χ1) is 6.66. The quantitative estimate of drug-likeness (QED) is 0.752. The highest BCUT2D eigenvalue weighted by Gasteiger charge is 2.11. The van der Waals surface area contributed by atoms with E-state index in [1.54, 1.807) is 6.07 Å². The van der Waals surface area contributed by atoms with Crippen LogP contribution in [-0.4, -0.2) is 0 Å². The van der Waals surface area contributed by atoms with Crippen LogP contribution in [0.15, 0.2) is 18.2 Å². The van der Waals surface area contributed by atoms with E-state index in [0.29, 0.717) is 16.5 Å². The summed E-state index contributed by atoms with van der Waals surface area (Å²) >= 11 is 11.9. The fourth-order valence-electron chi connectivity index (χ4n) is 1.34. The third-order valence-corrected chi connectivity index (χ3v) is 3.04. The molecule has 0 aliphatic carbocycles. The summed E-state index contributed by atoms with van der Waals surface area (Å²) in [6, 6.07) is 7.73. The zero-order valence-electron chi connectivity index (χ0n) is 7.93. The Hall–Kier alpha value is -0.710. The van der Waals surface area contributed by atoms with E-state index in [0.717, 1.165) is 12.0 Å². The number of hydrogen-bond acceptors (Lipinski definition) is 1. The Morgan fingerprint density at radius 3 is 2.79 bits per heavy atom. The first kappa shape index (κ1) is 11.4. The first-order valence-electron chi connectivity index (χ1n) is 4.47. The predicted molar refractivity (Wildman–Crippen MR) is 59.7 cm³/mol. The van der Waals surface area contributed by atoms with Crippen LogP contribution in [0.2, 0.25) is 10.0 Å². The molecule has 0 aromatic heterocycles. The van der Waals surface area contributed by atoms with Crippen LogP contribution in [-0.2, 0) is 0 Å². The zero-order valence-corrected chi connectivity index (χ0v) is 9.44. The SMILES string of the molecule is CC(CCC#N)c1cccc(Cl)c1Cl. The Kier molecular flexibility index (Phi) is 4.25. The molecule has 0 saturated heterocycles. The van der Waals surface area contributed by atoms with E-state index in [9.17, 15) is 0 Å². The van der Waals surface area contributed by atoms with Crippen LogP contribution in [0.4, 0.5) is 0 Å². The van der Waals surface area contributed by atoms with Crippen molar-refractivity contribution < 1.29 is 0 Å². The van der Waals surface area contributed by atoms with Gasteiger partial charge in [-0.05, 0) is 24.0 Å². The van der Waals surface area contributed by atoms with E-state index < -0.39 is 0 Å². The second-order valence-electron chi connectivity index (χ2n) is 3.24. The van der Waals surface area contributed by atoms with Crippen molar-refractivity contribution in [2.75, 3.05) is 0 Å². The van der Waals surface area contributed by atoms with Gasteiger partial charge in [0.05, 0.1) is 16.1 Å². The van der Waals surface area contributed by atoms with Crippen molar-refractivity contribution in [2.45, 2.75) is 25.7 Å². The molecule has 0 aliphatic rings. The molecular formula is C11H11Cl2N. The highest BCUT2D eigenvalue weighted by Crippen LogP contribution is 2.32. The normalized spacial score (nSPS) is 12.1. The van der Waals surface area contributed by atoms with E-state index in [1.165, 1.54) is 0 Å². The average molecular weight is 228 g/mol. The summed E-state index contributed by atoms with van der Waals surface area (Å²) in [7, 11) is 0. The van der Waals surface area contributed by atoms with Gasteiger partial charge < -0.3 is 0 Å². The number of benzene rings is 1. The number of nitrogens with zero attached hydrogens (tertiary/aromatic N) is 1. The number of rotatable bonds is 3. The van der Waals surface area contributed by atoms with Crippen molar-refractivity contribution in [3.05, 3.63) is 33.8 Å². The molecule has 1 atom stereocenters. The van der Waals surface area contributed by atoms with Crippen molar-refractivity contribution in [3.8, 4) is 6.07 Å². The second kappa shape index (κ2) is 5.24. The number of nitriles is 1. The van der Waals surface area contributed by atoms with Gasteiger partial charge in [0, 0.05) is 6.42 Å². The van der Waals surface area contributed by atoms with Crippen molar-refractivity contribution in [3.63, 3.8) is 0 Å². The van der Waals surface area contributed by atoms with E-state index in [1.807, 2.05) is 12.1 Å². The lowest BCUT2D eigenvalue weighted by Crippen LogP contribution is -1.94. The lowest BCUT2D eigenvalue weighted by atomic mass is 9.96. The maximum absolute atomic E-state index is 8.48. The highest BCUT2D eigenvalue weighted by atomic mass is 35.5. The Balaban J connectivity index is 2.85. The predicted octanol–water partition coefficient (Wildman–Crippen LogP) is 4.40. The molecule has 0 amide bonds. The maximum atomic E-state index is 8.48. The summed E-state index contributed by atoms with van der Waals surface area (Å²) in [6.45, 7) is 2.05. The molecule has 0 N–H and O–H groups in total. The van der Waals surface area contributed by atoms with Crippen LogP contribution in [0.25, 0.3) is 0 Å². The lowest BCUT2D eigenvalue weighted by molar-refractivity contribution is 0.695. The highest BCUT2D eigenvalue weighted by molar-refractivity contribution is 6.42. The Labute approximate surface area is 94.3 Å². The average Bonchev–Trinajstić information content (AvgIpc) is 2.18. The molecule has 1 nitrogen and oxygen atoms in total. The molecule has 0 spiro atoms. The molecule has 3 heteroatoms. The molecule has 1 aromatic carbocycles. The van der Waals surface area contributed by atoms with E-state index >= 15 is 0 Å². The fraction of sp³-hybridized carbons (Fsp3) is 0.364. The minimum Gasteiger partial charge on any atom is -0.198 e. The van der Waals surface area contributed by atoms with E-state index in [-0.39, 0.29) is 5.92 Å². The van der Waals surface area contributed by atoms with Gasteiger partial charge in [0.1, 0.15) is 0 Å². The van der Waals surface area contributed by atoms with Gasteiger partial charge in [0.15, 0.2) is 0 Å². The minimum atomic E-state index is 0.279. The molecule has 1 rings (SSSR count). The monoisotopic (exact) mass is 227 g/mol. The molecule has 14 heavy (non-hydrogen) atoms. The van der Waals surface area contributed by atoms with Gasteiger partial charge in [-0.3, -0.25) is 0 Å². The summed E-state index contributed by atoms with van der Waals surface area (Å²) in [5, 5.41) is 9.66. The van der Waals surface area contributed by atoms with Gasteiger partial charge >= 0.3 is 0 Å². The summed E-state index contributed by atoms with van der Waals surface area (Å²) in [5.74, 6) is 0.279. The smallest absolute Gasteiger partial charge is 0.0626 e. The Bertz CT molecular complexity index is 355. The molecule has 1 aromatic rings. The molecule has 0 radical (unpaired) electrons. The van der Waals surface area contributed by atoms with Gasteiger partial charge in [-0.25, -0.2) is 0 Å². The van der Waals surface area contributed by atoms with Crippen molar-refractivity contribution in [1.82, 2.24) is 0 Å². The molecule has 0 fully saturated rings. The number of hydrogen-bond donors (Lipinski definition) is 0. The van der Waals surface area contributed by atoms with Gasteiger partial charge in [0.25, 0.3) is 0 Å². The van der Waals surface area contributed by atoms with Gasteiger partial charge in [0.2, 0.25) is 0 Å². The number of halogens is 2. The van der Waals surface area contributed by atoms with E-state index in [2.05, 4.69) is 13.0 Å². The third kappa shape index (κ3) is 2.64. The molecule has 0 heterocycles. The fourth-order valence-corrected chi connectivity index (χ4v) is 1.83. The van der Waals surface area contributed by atoms with Crippen LogP contribution < -0.4 is 0 Å². The topological polar surface area (TPSA) is 23.8 Å². The van der Waals surface area contributed by atoms with Crippen molar-refractivity contribution >= 4 is 23.2 Å². The standard InChI is InChI=1S/C11H11Cl2N/c1-8(4-3-7-14)9-5-2-6-10(12)11(9)13/h2,5-6,8H,3-4H2,1H3. The maximum Gasteiger partial charge on any atom is 0.0626 e. The molecule has 74 valence electrons. The molecule has 0 aliphatic heterocycles. The van der Waals surface area contributed by atoms with Crippen LogP contribution in [0.1, 0.15) is 31.2 Å². The molecular weight excluding hydrogens is 217 g/mol. The van der Waals surface area contributed by atoms with Gasteiger partial charge in [-0.2, -0.15) is 5.26 Å². The van der Waals surface area contributed by atoms with Gasteiger partial charge in [-0.1, -0.05) is 42.3 Å². The van der Waals surface area contributed by atoms with Crippen LogP contribution in [0.3, 0.4) is 0 Å². The van der Waals surface area contributed by atoms with E-state index in [4.69, 9.17) is 28.5 Å². The Morgan fingerprint density at radius 1 is 1.43 bits per heavy atom. The lowest BCUT2D eigenvalue weighted by Gasteiger charge is -2.12. The molecule has 1 unspecified atom stereocenters. The Morgan fingerprint density at radius 2 is 2.14 bits per heavy atom. The summed E-state index contributed by atoms with van der Waals surface area (Å²) in [5.41, 5.74) is 1.02. The van der Waals surface area contributed by atoms with Crippen LogP contribution in [0, 0.1) is 11.3 Å². The molecule has 0 bridgehead atoms. The van der Waals surface area contributed by atoms with Gasteiger partial charge in [-0.15, -0.1) is 0 Å². The third-order valence-electron chi connectivity index (χ3n) is 2.20. The van der Waals surface area contributed by atoms with Crippen molar-refractivity contribution in [1.29, 1.82) is 5.26 Å². The van der Waals surface area contributed by atoms with Crippen molar-refractivity contribution in [2.24, 2.45) is 0 Å². The van der Waals surface area contributed by atoms with Crippen LogP contribution in [0.5, 0.6) is 0 Å². The molecule has 0 saturated carbocycles. The summed E-state index contributed by atoms with van der Waals surface area (Å²) < 4.78 is 0. The second-order valence-corrected chi connectivity index (χ2v) is 4.03. The van der Waals surface area contributed by atoms with Crippen LogP contribution >= 0.6 is 23.2 Å².